The molecule has 0 spiro atoms. The molecule has 8 nitrogen and oxygen atoms in total. The Morgan fingerprint density at radius 3 is 2.21 bits per heavy atom. The van der Waals surface area contributed by atoms with Crippen molar-refractivity contribution >= 4 is 11.6 Å². The van der Waals surface area contributed by atoms with Crippen LogP contribution in [0.2, 0.25) is 0 Å². The van der Waals surface area contributed by atoms with E-state index in [1.807, 2.05) is 18.2 Å². The van der Waals surface area contributed by atoms with Crippen molar-refractivity contribution in [3.05, 3.63) is 93.8 Å². The topological polar surface area (TPSA) is 72.2 Å². The lowest BCUT2D eigenvalue weighted by molar-refractivity contribution is -0.143. The lowest BCUT2D eigenvalue weighted by Crippen LogP contribution is -2.30. The summed E-state index contributed by atoms with van der Waals surface area (Å²) in [6.07, 6.45) is -5.25. The van der Waals surface area contributed by atoms with Crippen molar-refractivity contribution in [3.63, 3.8) is 0 Å². The first-order valence-corrected chi connectivity index (χ1v) is 13.6. The smallest absolute Gasteiger partial charge is 0.372 e. The van der Waals surface area contributed by atoms with Crippen molar-refractivity contribution in [2.24, 2.45) is 7.05 Å². The van der Waals surface area contributed by atoms with Crippen LogP contribution in [0, 0.1) is 0 Å². The molecule has 6 rings (SSSR count). The molecule has 0 amide bonds. The van der Waals surface area contributed by atoms with E-state index in [4.69, 9.17) is 4.74 Å². The quantitative estimate of drug-likeness (QED) is 0.242. The van der Waals surface area contributed by atoms with Crippen LogP contribution in [0.25, 0.3) is 0 Å². The number of hydrogen-bond donors (Lipinski definition) is 0. The van der Waals surface area contributed by atoms with Crippen molar-refractivity contribution in [2.45, 2.75) is 57.5 Å². The number of fused-ring (bicyclic) bond motifs is 2. The highest BCUT2D eigenvalue weighted by Crippen LogP contribution is 2.43. The highest BCUT2D eigenvalue weighted by Gasteiger charge is 2.38. The minimum Gasteiger partial charge on any atom is -0.372 e. The number of ether oxygens (including phenoxy) is 1. The van der Waals surface area contributed by atoms with Gasteiger partial charge in [-0.15, -0.1) is 5.10 Å². The number of benzene rings is 2. The van der Waals surface area contributed by atoms with Gasteiger partial charge < -0.3 is 14.5 Å². The molecule has 0 fully saturated rings. The third kappa shape index (κ3) is 6.14. The van der Waals surface area contributed by atoms with Gasteiger partial charge >= 0.3 is 12.4 Å². The zero-order valence-electron chi connectivity index (χ0n) is 23.0. The number of hydrogen-bond acceptors (Lipinski definition) is 7. The Labute approximate surface area is 242 Å². The lowest BCUT2D eigenvalue weighted by atomic mass is 9.95. The number of anilines is 2. The molecular weight excluding hydrogens is 576 g/mol. The summed E-state index contributed by atoms with van der Waals surface area (Å²) >= 11 is 0. The average molecular weight is 604 g/mol. The third-order valence-corrected chi connectivity index (χ3v) is 7.72. The summed E-state index contributed by atoms with van der Waals surface area (Å²) in [5.41, 5.74) is 1.94. The fourth-order valence-electron chi connectivity index (χ4n) is 5.74. The number of aryl methyl sites for hydroxylation is 1. The van der Waals surface area contributed by atoms with E-state index < -0.39 is 29.5 Å². The zero-order valence-corrected chi connectivity index (χ0v) is 23.0. The Balaban J connectivity index is 1.46. The maximum atomic E-state index is 13.7. The Morgan fingerprint density at radius 2 is 1.58 bits per heavy atom. The molecule has 2 aliphatic rings. The highest BCUT2D eigenvalue weighted by molar-refractivity contribution is 5.62. The minimum atomic E-state index is -4.96. The van der Waals surface area contributed by atoms with E-state index in [-0.39, 0.29) is 24.1 Å². The third-order valence-electron chi connectivity index (χ3n) is 7.72. The molecule has 1 atom stereocenters. The van der Waals surface area contributed by atoms with Crippen LogP contribution in [0.4, 0.5) is 38.0 Å². The molecule has 4 heterocycles. The van der Waals surface area contributed by atoms with Gasteiger partial charge in [0.25, 0.3) is 5.95 Å². The van der Waals surface area contributed by atoms with E-state index in [1.165, 1.54) is 4.80 Å². The summed E-state index contributed by atoms with van der Waals surface area (Å²) in [5, 5.41) is 12.4. The number of nitrogens with zero attached hydrogens (tertiary/aromatic N) is 7. The molecule has 43 heavy (non-hydrogen) atoms. The van der Waals surface area contributed by atoms with Gasteiger partial charge in [-0.25, -0.2) is 0 Å². The van der Waals surface area contributed by atoms with E-state index in [9.17, 15) is 26.3 Å². The second kappa shape index (κ2) is 11.1. The summed E-state index contributed by atoms with van der Waals surface area (Å²) in [4.78, 5) is 9.19. The number of tetrazole rings is 1. The van der Waals surface area contributed by atoms with E-state index in [1.54, 1.807) is 24.3 Å². The standard InChI is InChI=1S/C29H27F6N7O/c1-40-38-27(37-39-40)42(15-19-9-22(28(30,31)32)13-23(10-19)29(33,34)35)25-3-2-8-41(14-18-4-6-36-7-5-18)26-12-21-17-43-16-20(21)11-24(25)26/h4-7,9-13,25H,2-3,8,14-17H2,1H3. The van der Waals surface area contributed by atoms with Crippen LogP contribution in [0.5, 0.6) is 0 Å². The minimum absolute atomic E-state index is 0.101. The maximum absolute atomic E-state index is 13.7. The predicted octanol–water partition coefficient (Wildman–Crippen LogP) is 6.22. The number of pyridine rings is 1. The Kier molecular flexibility index (Phi) is 7.48. The molecule has 1 unspecified atom stereocenters. The van der Waals surface area contributed by atoms with Crippen LogP contribution in [0.3, 0.4) is 0 Å². The van der Waals surface area contributed by atoms with E-state index in [0.717, 1.165) is 40.1 Å². The van der Waals surface area contributed by atoms with Gasteiger partial charge in [-0.2, -0.15) is 31.1 Å². The van der Waals surface area contributed by atoms with Crippen LogP contribution < -0.4 is 9.80 Å². The van der Waals surface area contributed by atoms with Gasteiger partial charge in [0.05, 0.1) is 37.4 Å². The number of halogens is 6. The van der Waals surface area contributed by atoms with Gasteiger partial charge in [0.1, 0.15) is 0 Å². The van der Waals surface area contributed by atoms with Gasteiger partial charge in [-0.3, -0.25) is 4.98 Å². The van der Waals surface area contributed by atoms with Gasteiger partial charge in [-0.1, -0.05) is 5.10 Å². The first kappa shape index (κ1) is 28.9. The molecule has 0 saturated carbocycles. The Bertz CT molecular complexity index is 1570. The van der Waals surface area contributed by atoms with Gasteiger partial charge in [-0.05, 0) is 88.3 Å². The largest absolute Gasteiger partial charge is 0.416 e. The molecule has 226 valence electrons. The van der Waals surface area contributed by atoms with Crippen LogP contribution in [0.1, 0.15) is 57.8 Å². The molecule has 4 aromatic rings. The van der Waals surface area contributed by atoms with Crippen LogP contribution >= 0.6 is 0 Å². The summed E-state index contributed by atoms with van der Waals surface area (Å²) in [6, 6.07) is 9.13. The second-order valence-corrected chi connectivity index (χ2v) is 10.7. The molecule has 14 heteroatoms. The van der Waals surface area contributed by atoms with Gasteiger partial charge in [0, 0.05) is 37.7 Å². The number of rotatable bonds is 6. The summed E-state index contributed by atoms with van der Waals surface area (Å²) < 4.78 is 88.0. The Morgan fingerprint density at radius 1 is 0.907 bits per heavy atom. The lowest BCUT2D eigenvalue weighted by Gasteiger charge is -2.33. The zero-order chi connectivity index (χ0) is 30.4. The monoisotopic (exact) mass is 603 g/mol. The normalized spacial score (nSPS) is 17.0. The van der Waals surface area contributed by atoms with Crippen molar-refractivity contribution in [1.29, 1.82) is 0 Å². The van der Waals surface area contributed by atoms with E-state index >= 15 is 0 Å². The van der Waals surface area contributed by atoms with Crippen LogP contribution in [-0.4, -0.2) is 31.7 Å². The van der Waals surface area contributed by atoms with Crippen LogP contribution in [-0.2, 0) is 50.4 Å². The second-order valence-electron chi connectivity index (χ2n) is 10.7. The SMILES string of the molecule is Cn1nnc(N(Cc2cc(C(F)(F)F)cc(C(F)(F)F)c2)C2CCCN(Cc3ccncc3)c3cc4c(cc32)COC4)n1. The van der Waals surface area contributed by atoms with Crippen molar-refractivity contribution in [2.75, 3.05) is 16.3 Å². The van der Waals surface area contributed by atoms with Crippen molar-refractivity contribution < 1.29 is 31.1 Å². The summed E-state index contributed by atoms with van der Waals surface area (Å²) in [7, 11) is 1.54. The first-order valence-electron chi connectivity index (χ1n) is 13.6. The number of aromatic nitrogens is 5. The maximum Gasteiger partial charge on any atom is 0.416 e. The van der Waals surface area contributed by atoms with E-state index in [2.05, 4.69) is 31.4 Å². The molecule has 0 aliphatic carbocycles. The molecule has 0 N–H and O–H groups in total. The molecular formula is C29H27F6N7O. The summed E-state index contributed by atoms with van der Waals surface area (Å²) in [6.45, 7) is 1.82. The highest BCUT2D eigenvalue weighted by atomic mass is 19.4. The molecule has 0 bridgehead atoms. The molecule has 2 aliphatic heterocycles. The average Bonchev–Trinajstić information content (AvgIpc) is 3.57. The predicted molar refractivity (Wildman–Crippen MR) is 144 cm³/mol. The fourth-order valence-corrected chi connectivity index (χ4v) is 5.74. The van der Waals surface area contributed by atoms with E-state index in [0.29, 0.717) is 39.1 Å². The van der Waals surface area contributed by atoms with Crippen molar-refractivity contribution in [1.82, 2.24) is 25.2 Å². The molecule has 2 aromatic carbocycles. The fraction of sp³-hybridized carbons (Fsp3) is 0.379. The van der Waals surface area contributed by atoms with Gasteiger partial charge in [0.15, 0.2) is 0 Å². The van der Waals surface area contributed by atoms with Crippen LogP contribution in [0.15, 0.2) is 54.9 Å². The number of alkyl halides is 6. The summed E-state index contributed by atoms with van der Waals surface area (Å²) in [5.74, 6) is 0.101. The molecule has 2 aromatic heterocycles. The molecule has 0 radical (unpaired) electrons. The van der Waals surface area contributed by atoms with Gasteiger partial charge in [0.2, 0.25) is 0 Å². The first-order chi connectivity index (χ1) is 20.5. The van der Waals surface area contributed by atoms with Crippen molar-refractivity contribution in [3.8, 4) is 0 Å². The molecule has 0 saturated heterocycles. The Hall–Kier alpha value is -4.20.